The summed E-state index contributed by atoms with van der Waals surface area (Å²) in [7, 11) is 1.48. The summed E-state index contributed by atoms with van der Waals surface area (Å²) < 4.78 is 10.4. The van der Waals surface area contributed by atoms with Crippen molar-refractivity contribution in [2.45, 2.75) is 13.0 Å². The Morgan fingerprint density at radius 1 is 1.23 bits per heavy atom. The van der Waals surface area contributed by atoms with Crippen molar-refractivity contribution in [2.24, 2.45) is 0 Å². The highest BCUT2D eigenvalue weighted by atomic mass is 35.5. The number of fused-ring (bicyclic) bond motifs is 1. The molecular weight excluding hydrogens is 358 g/mol. The summed E-state index contributed by atoms with van der Waals surface area (Å²) in [5.74, 6) is -0.658. The Labute approximate surface area is 154 Å². The van der Waals surface area contributed by atoms with Crippen molar-refractivity contribution >= 4 is 40.2 Å². The zero-order valence-electron chi connectivity index (χ0n) is 14.1. The maximum absolute atomic E-state index is 12.3. The predicted molar refractivity (Wildman–Crippen MR) is 97.6 cm³/mol. The van der Waals surface area contributed by atoms with Gasteiger partial charge >= 0.3 is 5.97 Å². The van der Waals surface area contributed by atoms with Crippen LogP contribution in [-0.4, -0.2) is 35.1 Å². The Hall–Kier alpha value is -3.06. The zero-order chi connectivity index (χ0) is 18.7. The van der Waals surface area contributed by atoms with Gasteiger partial charge in [0.2, 0.25) is 0 Å². The van der Waals surface area contributed by atoms with Crippen LogP contribution in [0.4, 0.5) is 5.69 Å². The van der Waals surface area contributed by atoms with Gasteiger partial charge in [-0.05, 0) is 43.3 Å². The van der Waals surface area contributed by atoms with E-state index < -0.39 is 18.0 Å². The number of anilines is 1. The molecule has 134 valence electrons. The number of aromatic nitrogens is 2. The van der Waals surface area contributed by atoms with E-state index in [9.17, 15) is 9.59 Å². The van der Waals surface area contributed by atoms with Crippen molar-refractivity contribution in [3.8, 4) is 5.75 Å². The summed E-state index contributed by atoms with van der Waals surface area (Å²) in [6.07, 6.45) is 0.525. The number of esters is 1. The maximum Gasteiger partial charge on any atom is 0.338 e. The van der Waals surface area contributed by atoms with E-state index in [1.165, 1.54) is 20.4 Å². The van der Waals surface area contributed by atoms with Crippen molar-refractivity contribution in [2.75, 3.05) is 12.4 Å². The van der Waals surface area contributed by atoms with E-state index in [1.807, 2.05) is 0 Å². The first-order valence-corrected chi connectivity index (χ1v) is 8.14. The molecule has 7 nitrogen and oxygen atoms in total. The molecule has 0 aliphatic heterocycles. The predicted octanol–water partition coefficient (Wildman–Crippen LogP) is 3.41. The number of hydrogen-bond donors (Lipinski definition) is 2. The SMILES string of the molecule is COc1ccc(Cl)cc1NC(=O)C(C)OC(=O)c1ccc2nc[nH]c2c1. The van der Waals surface area contributed by atoms with Crippen molar-refractivity contribution in [1.82, 2.24) is 9.97 Å². The van der Waals surface area contributed by atoms with Crippen molar-refractivity contribution in [3.05, 3.63) is 53.3 Å². The molecule has 8 heteroatoms. The van der Waals surface area contributed by atoms with Crippen LogP contribution in [0.5, 0.6) is 5.75 Å². The van der Waals surface area contributed by atoms with E-state index >= 15 is 0 Å². The topological polar surface area (TPSA) is 93.3 Å². The van der Waals surface area contributed by atoms with Gasteiger partial charge in [0.15, 0.2) is 6.10 Å². The van der Waals surface area contributed by atoms with Gasteiger partial charge in [0.05, 0.1) is 35.7 Å². The Bertz CT molecular complexity index is 970. The smallest absolute Gasteiger partial charge is 0.338 e. The van der Waals surface area contributed by atoms with E-state index in [-0.39, 0.29) is 0 Å². The van der Waals surface area contributed by atoms with Crippen LogP contribution in [0, 0.1) is 0 Å². The standard InChI is InChI=1S/C18H16ClN3O4/c1-10(17(23)22-15-8-12(19)4-6-16(15)25-2)26-18(24)11-3-5-13-14(7-11)21-9-20-13/h3-10H,1-2H3,(H,20,21)(H,22,23). The summed E-state index contributed by atoms with van der Waals surface area (Å²) in [6, 6.07) is 9.74. The number of carbonyl (C=O) groups is 2. The van der Waals surface area contributed by atoms with Crippen LogP contribution in [0.1, 0.15) is 17.3 Å². The third kappa shape index (κ3) is 3.78. The Morgan fingerprint density at radius 3 is 2.81 bits per heavy atom. The van der Waals surface area contributed by atoms with E-state index in [0.717, 1.165) is 5.52 Å². The fourth-order valence-electron chi connectivity index (χ4n) is 2.36. The van der Waals surface area contributed by atoms with Crippen LogP contribution >= 0.6 is 11.6 Å². The first-order chi connectivity index (χ1) is 12.5. The Morgan fingerprint density at radius 2 is 2.04 bits per heavy atom. The molecular formula is C18H16ClN3O4. The molecule has 0 saturated heterocycles. The van der Waals surface area contributed by atoms with Gasteiger partial charge in [0.1, 0.15) is 5.75 Å². The van der Waals surface area contributed by atoms with Crippen LogP contribution in [0.2, 0.25) is 5.02 Å². The fourth-order valence-corrected chi connectivity index (χ4v) is 2.53. The molecule has 0 fully saturated rings. The number of carbonyl (C=O) groups excluding carboxylic acids is 2. The molecule has 0 bridgehead atoms. The van der Waals surface area contributed by atoms with Crippen molar-refractivity contribution < 1.29 is 19.1 Å². The van der Waals surface area contributed by atoms with Crippen LogP contribution < -0.4 is 10.1 Å². The third-order valence-corrected chi connectivity index (χ3v) is 3.96. The van der Waals surface area contributed by atoms with E-state index in [0.29, 0.717) is 27.5 Å². The molecule has 0 saturated carbocycles. The van der Waals surface area contributed by atoms with Crippen molar-refractivity contribution in [3.63, 3.8) is 0 Å². The van der Waals surface area contributed by atoms with Crippen molar-refractivity contribution in [1.29, 1.82) is 0 Å². The second-order valence-electron chi connectivity index (χ2n) is 5.52. The molecule has 1 aromatic heterocycles. The van der Waals surface area contributed by atoms with E-state index in [1.54, 1.807) is 36.4 Å². The van der Waals surface area contributed by atoms with Crippen LogP contribution in [0.15, 0.2) is 42.7 Å². The van der Waals surface area contributed by atoms with Crippen LogP contribution in [0.3, 0.4) is 0 Å². The van der Waals surface area contributed by atoms with E-state index in [4.69, 9.17) is 21.1 Å². The van der Waals surface area contributed by atoms with Gasteiger partial charge in [0.25, 0.3) is 5.91 Å². The number of aromatic amines is 1. The Kier molecular flexibility index (Phi) is 5.09. The van der Waals surface area contributed by atoms with E-state index in [2.05, 4.69) is 15.3 Å². The Balaban J connectivity index is 1.68. The fraction of sp³-hybridized carbons (Fsp3) is 0.167. The number of imidazole rings is 1. The summed E-state index contributed by atoms with van der Waals surface area (Å²) in [5.41, 5.74) is 2.16. The molecule has 1 heterocycles. The number of H-pyrrole nitrogens is 1. The molecule has 26 heavy (non-hydrogen) atoms. The first-order valence-electron chi connectivity index (χ1n) is 7.76. The number of nitrogens with one attached hydrogen (secondary N) is 2. The lowest BCUT2D eigenvalue weighted by molar-refractivity contribution is -0.123. The van der Waals surface area contributed by atoms with Crippen LogP contribution in [0.25, 0.3) is 11.0 Å². The molecule has 3 rings (SSSR count). The number of amides is 1. The number of halogens is 1. The lowest BCUT2D eigenvalue weighted by atomic mass is 10.2. The molecule has 1 amide bonds. The highest BCUT2D eigenvalue weighted by molar-refractivity contribution is 6.31. The van der Waals surface area contributed by atoms with Gasteiger partial charge in [-0.2, -0.15) is 0 Å². The lowest BCUT2D eigenvalue weighted by Crippen LogP contribution is -2.30. The minimum absolute atomic E-state index is 0.321. The average molecular weight is 374 g/mol. The van der Waals surface area contributed by atoms with Gasteiger partial charge in [-0.15, -0.1) is 0 Å². The molecule has 0 aliphatic carbocycles. The molecule has 1 unspecified atom stereocenters. The number of nitrogens with zero attached hydrogens (tertiary/aromatic N) is 1. The minimum atomic E-state index is -1.01. The molecule has 0 aliphatic rings. The quantitative estimate of drug-likeness (QED) is 0.668. The normalized spacial score (nSPS) is 11.8. The molecule has 0 spiro atoms. The summed E-state index contributed by atoms with van der Waals surface area (Å²) >= 11 is 5.94. The molecule has 1 atom stereocenters. The highest BCUT2D eigenvalue weighted by Gasteiger charge is 2.20. The number of methoxy groups -OCH3 is 1. The van der Waals surface area contributed by atoms with Gasteiger partial charge in [-0.1, -0.05) is 11.6 Å². The summed E-state index contributed by atoms with van der Waals surface area (Å²) in [4.78, 5) is 31.6. The molecule has 3 aromatic rings. The van der Waals surface area contributed by atoms with Crippen LogP contribution in [-0.2, 0) is 9.53 Å². The number of hydrogen-bond acceptors (Lipinski definition) is 5. The maximum atomic E-state index is 12.3. The monoisotopic (exact) mass is 373 g/mol. The summed E-state index contributed by atoms with van der Waals surface area (Å²) in [5, 5.41) is 3.09. The number of benzene rings is 2. The molecule has 0 radical (unpaired) electrons. The first kappa shape index (κ1) is 17.8. The second-order valence-corrected chi connectivity index (χ2v) is 5.95. The van der Waals surface area contributed by atoms with Gasteiger partial charge in [-0.25, -0.2) is 9.78 Å². The zero-order valence-corrected chi connectivity index (χ0v) is 14.8. The highest BCUT2D eigenvalue weighted by Crippen LogP contribution is 2.27. The molecule has 2 N–H and O–H groups in total. The second kappa shape index (κ2) is 7.45. The molecule has 2 aromatic carbocycles. The number of rotatable bonds is 5. The van der Waals surface area contributed by atoms with Gasteiger partial charge in [-0.3, -0.25) is 4.79 Å². The average Bonchev–Trinajstić information content (AvgIpc) is 3.09. The number of ether oxygens (including phenoxy) is 2. The van der Waals surface area contributed by atoms with Gasteiger partial charge < -0.3 is 19.8 Å². The lowest BCUT2D eigenvalue weighted by Gasteiger charge is -2.15. The third-order valence-electron chi connectivity index (χ3n) is 3.73. The van der Waals surface area contributed by atoms with Gasteiger partial charge in [0, 0.05) is 5.02 Å². The largest absolute Gasteiger partial charge is 0.495 e. The minimum Gasteiger partial charge on any atom is -0.495 e. The summed E-state index contributed by atoms with van der Waals surface area (Å²) in [6.45, 7) is 1.49.